The van der Waals surface area contributed by atoms with Crippen LogP contribution in [-0.4, -0.2) is 30.4 Å². The Hall–Kier alpha value is -4.11. The van der Waals surface area contributed by atoms with E-state index in [0.29, 0.717) is 6.42 Å². The molecule has 4 aromatic heterocycles. The van der Waals surface area contributed by atoms with Gasteiger partial charge in [-0.3, -0.25) is 10.1 Å². The molecular formula is C25H20N6. The molecule has 0 radical (unpaired) electrons. The van der Waals surface area contributed by atoms with Gasteiger partial charge in [0, 0.05) is 40.8 Å². The molecule has 0 spiro atoms. The summed E-state index contributed by atoms with van der Waals surface area (Å²) in [6.45, 7) is 6.10. The van der Waals surface area contributed by atoms with Gasteiger partial charge in [0.25, 0.3) is 0 Å². The minimum Gasteiger partial charge on any atom is -0.282 e. The van der Waals surface area contributed by atoms with Gasteiger partial charge in [0.2, 0.25) is 0 Å². The summed E-state index contributed by atoms with van der Waals surface area (Å²) in [6, 6.07) is 8.18. The van der Waals surface area contributed by atoms with Gasteiger partial charge in [0.15, 0.2) is 0 Å². The summed E-state index contributed by atoms with van der Waals surface area (Å²) in [4.78, 5) is 9.34. The van der Waals surface area contributed by atoms with Crippen LogP contribution in [0.15, 0.2) is 42.9 Å². The average Bonchev–Trinajstić information content (AvgIpc) is 3.15. The van der Waals surface area contributed by atoms with E-state index in [-0.39, 0.29) is 0 Å². The molecule has 5 rings (SSSR count). The summed E-state index contributed by atoms with van der Waals surface area (Å²) in [6.07, 6.45) is 11.8. The number of nitrogens with one attached hydrogen (secondary N) is 1. The highest BCUT2D eigenvalue weighted by Crippen LogP contribution is 2.33. The topological polar surface area (TPSA) is 80.2 Å². The third-order valence-corrected chi connectivity index (χ3v) is 5.59. The highest BCUT2D eigenvalue weighted by atomic mass is 15.1. The summed E-state index contributed by atoms with van der Waals surface area (Å²) < 4.78 is 0. The monoisotopic (exact) mass is 404 g/mol. The van der Waals surface area contributed by atoms with Crippen LogP contribution in [0.2, 0.25) is 0 Å². The Morgan fingerprint density at radius 3 is 2.74 bits per heavy atom. The second-order valence-electron chi connectivity index (χ2n) is 7.76. The molecule has 0 aliphatic rings. The maximum Gasteiger partial charge on any atom is 0.120 e. The van der Waals surface area contributed by atoms with Crippen molar-refractivity contribution in [3.05, 3.63) is 76.5 Å². The van der Waals surface area contributed by atoms with E-state index in [1.165, 1.54) is 0 Å². The quantitative estimate of drug-likeness (QED) is 0.449. The molecule has 0 atom stereocenters. The first-order valence-electron chi connectivity index (χ1n) is 10.0. The molecule has 1 N–H and O–H groups in total. The lowest BCUT2D eigenvalue weighted by atomic mass is 9.96. The van der Waals surface area contributed by atoms with E-state index in [4.69, 9.17) is 11.4 Å². The highest BCUT2D eigenvalue weighted by Gasteiger charge is 2.20. The fraction of sp³-hybridized carbons (Fsp3) is 0.160. The molecule has 0 saturated heterocycles. The maximum atomic E-state index is 5.99. The number of rotatable bonds is 3. The van der Waals surface area contributed by atoms with Gasteiger partial charge >= 0.3 is 0 Å². The van der Waals surface area contributed by atoms with Gasteiger partial charge in [-0.25, -0.2) is 4.98 Å². The van der Waals surface area contributed by atoms with Gasteiger partial charge < -0.3 is 0 Å². The van der Waals surface area contributed by atoms with Crippen LogP contribution in [0.25, 0.3) is 33.1 Å². The van der Waals surface area contributed by atoms with Crippen LogP contribution in [0.4, 0.5) is 0 Å². The molecule has 4 heterocycles. The minimum atomic E-state index is 0.545. The largest absolute Gasteiger partial charge is 0.282 e. The molecule has 0 unspecified atom stereocenters. The average molecular weight is 404 g/mol. The van der Waals surface area contributed by atoms with Gasteiger partial charge in [-0.15, -0.1) is 6.42 Å². The zero-order valence-corrected chi connectivity index (χ0v) is 17.6. The van der Waals surface area contributed by atoms with Crippen molar-refractivity contribution < 1.29 is 0 Å². The summed E-state index contributed by atoms with van der Waals surface area (Å²) in [5.41, 5.74) is 9.11. The maximum absolute atomic E-state index is 5.99. The fourth-order valence-electron chi connectivity index (χ4n) is 4.13. The number of hydrogen-bond donors (Lipinski definition) is 1. The van der Waals surface area contributed by atoms with E-state index in [0.717, 1.165) is 66.7 Å². The van der Waals surface area contributed by atoms with E-state index in [1.807, 2.05) is 32.2 Å². The molecule has 6 heteroatoms. The summed E-state index contributed by atoms with van der Waals surface area (Å²) in [7, 11) is 0. The number of nitrogens with zero attached hydrogens (tertiary/aromatic N) is 5. The third kappa shape index (κ3) is 3.11. The molecule has 5 aromatic rings. The van der Waals surface area contributed by atoms with Crippen LogP contribution in [0, 0.1) is 33.1 Å². The van der Waals surface area contributed by atoms with Gasteiger partial charge in [0.1, 0.15) is 11.2 Å². The predicted octanol–water partition coefficient (Wildman–Crippen LogP) is 4.46. The predicted molar refractivity (Wildman–Crippen MR) is 122 cm³/mol. The van der Waals surface area contributed by atoms with E-state index in [1.54, 1.807) is 12.4 Å². The van der Waals surface area contributed by atoms with E-state index in [9.17, 15) is 0 Å². The Balaban J connectivity index is 1.80. The second-order valence-corrected chi connectivity index (χ2v) is 7.76. The Morgan fingerprint density at radius 1 is 1.06 bits per heavy atom. The van der Waals surface area contributed by atoms with Gasteiger partial charge in [-0.2, -0.15) is 15.3 Å². The molecule has 0 aliphatic heterocycles. The number of pyridine rings is 2. The van der Waals surface area contributed by atoms with Crippen molar-refractivity contribution in [2.24, 2.45) is 0 Å². The molecule has 0 aliphatic carbocycles. The molecule has 0 bridgehead atoms. The number of aryl methyl sites for hydroxylation is 3. The molecular weight excluding hydrogens is 384 g/mol. The van der Waals surface area contributed by atoms with E-state index < -0.39 is 0 Å². The lowest BCUT2D eigenvalue weighted by Crippen LogP contribution is -2.03. The van der Waals surface area contributed by atoms with Crippen LogP contribution in [-0.2, 0) is 6.42 Å². The van der Waals surface area contributed by atoms with Crippen molar-refractivity contribution in [3.8, 4) is 23.6 Å². The smallest absolute Gasteiger partial charge is 0.120 e. The first-order valence-corrected chi connectivity index (χ1v) is 10.0. The highest BCUT2D eigenvalue weighted by molar-refractivity contribution is 5.98. The third-order valence-electron chi connectivity index (χ3n) is 5.59. The van der Waals surface area contributed by atoms with Crippen molar-refractivity contribution >= 4 is 21.8 Å². The first kappa shape index (κ1) is 18.9. The van der Waals surface area contributed by atoms with E-state index in [2.05, 4.69) is 50.4 Å². The number of benzene rings is 1. The number of terminal acetylenes is 1. The van der Waals surface area contributed by atoms with Crippen molar-refractivity contribution in [2.45, 2.75) is 27.2 Å². The zero-order chi connectivity index (χ0) is 21.5. The lowest BCUT2D eigenvalue weighted by Gasteiger charge is -2.13. The standard InChI is InChI=1S/C25H20N6/c1-5-19-21(12-18-11-14(2)10-17-7-9-27-30-23(17)18)28-24(20-13-26-8-6-15(20)3)25-22(19)16(4)29-31-25/h1,6-11,13H,12H2,2-4H3,(H,29,31). The molecule has 0 amide bonds. The van der Waals surface area contributed by atoms with Crippen LogP contribution in [0.3, 0.4) is 0 Å². The summed E-state index contributed by atoms with van der Waals surface area (Å²) >= 11 is 0. The van der Waals surface area contributed by atoms with Crippen LogP contribution >= 0.6 is 0 Å². The van der Waals surface area contributed by atoms with Crippen LogP contribution in [0.5, 0.6) is 0 Å². The van der Waals surface area contributed by atoms with Crippen molar-refractivity contribution in [3.63, 3.8) is 0 Å². The Kier molecular flexibility index (Phi) is 4.45. The molecule has 6 nitrogen and oxygen atoms in total. The van der Waals surface area contributed by atoms with Crippen LogP contribution < -0.4 is 0 Å². The Morgan fingerprint density at radius 2 is 1.94 bits per heavy atom. The second kappa shape index (κ2) is 7.29. The SMILES string of the molecule is C#Cc1c(Cc2cc(C)cc3ccnnc23)nc(-c2cnccc2C)c2n[nH]c(C)c12. The summed E-state index contributed by atoms with van der Waals surface area (Å²) in [5.74, 6) is 2.87. The first-order chi connectivity index (χ1) is 15.1. The number of fused-ring (bicyclic) bond motifs is 2. The number of aromatic amines is 1. The summed E-state index contributed by atoms with van der Waals surface area (Å²) in [5, 5.41) is 18.0. The molecule has 1 aromatic carbocycles. The normalized spacial score (nSPS) is 11.2. The minimum absolute atomic E-state index is 0.545. The number of hydrogen-bond acceptors (Lipinski definition) is 5. The van der Waals surface area contributed by atoms with Crippen molar-refractivity contribution in [2.75, 3.05) is 0 Å². The Labute approximate surface area is 179 Å². The van der Waals surface area contributed by atoms with Crippen LogP contribution in [0.1, 0.15) is 33.6 Å². The lowest BCUT2D eigenvalue weighted by molar-refractivity contribution is 1.03. The fourth-order valence-corrected chi connectivity index (χ4v) is 4.13. The van der Waals surface area contributed by atoms with Crippen molar-refractivity contribution in [1.82, 2.24) is 30.4 Å². The number of aromatic nitrogens is 6. The van der Waals surface area contributed by atoms with Gasteiger partial charge in [-0.05, 0) is 50.1 Å². The van der Waals surface area contributed by atoms with Gasteiger partial charge in [-0.1, -0.05) is 17.6 Å². The molecule has 0 fully saturated rings. The van der Waals surface area contributed by atoms with Gasteiger partial charge in [0.05, 0.1) is 23.0 Å². The molecule has 150 valence electrons. The van der Waals surface area contributed by atoms with E-state index >= 15 is 0 Å². The zero-order valence-electron chi connectivity index (χ0n) is 17.6. The number of H-pyrrole nitrogens is 1. The molecule has 0 saturated carbocycles. The molecule has 31 heavy (non-hydrogen) atoms. The van der Waals surface area contributed by atoms with Crippen molar-refractivity contribution in [1.29, 1.82) is 0 Å². The Bertz CT molecular complexity index is 1510.